The minimum atomic E-state index is -4.81. The van der Waals surface area contributed by atoms with Crippen molar-refractivity contribution < 1.29 is 32.3 Å². The van der Waals surface area contributed by atoms with Gasteiger partial charge in [0.05, 0.1) is 22.6 Å². The SMILES string of the molecule is N[C@H](c1ccc(OC(F)(F)F)cc1)c1cc2c(cc1[N+](=O)[O-])OCO2. The predicted octanol–water partition coefficient (Wildman–Crippen LogP) is 3.27. The maximum atomic E-state index is 12.2. The molecule has 3 rings (SSSR count). The highest BCUT2D eigenvalue weighted by Gasteiger charge is 2.31. The van der Waals surface area contributed by atoms with Crippen LogP contribution in [0, 0.1) is 10.1 Å². The van der Waals surface area contributed by atoms with E-state index in [9.17, 15) is 23.3 Å². The molecule has 1 heterocycles. The molecule has 0 radical (unpaired) electrons. The van der Waals surface area contributed by atoms with Crippen molar-refractivity contribution in [2.24, 2.45) is 5.73 Å². The number of nitro groups is 1. The second-order valence-electron chi connectivity index (χ2n) is 5.12. The second-order valence-corrected chi connectivity index (χ2v) is 5.12. The molecule has 1 aliphatic heterocycles. The number of halogens is 3. The Kier molecular flexibility index (Phi) is 4.13. The van der Waals surface area contributed by atoms with Crippen molar-refractivity contribution in [3.05, 3.63) is 57.6 Å². The smallest absolute Gasteiger partial charge is 0.454 e. The number of hydrogen-bond acceptors (Lipinski definition) is 6. The van der Waals surface area contributed by atoms with E-state index in [2.05, 4.69) is 4.74 Å². The summed E-state index contributed by atoms with van der Waals surface area (Å²) in [4.78, 5) is 10.7. The molecule has 0 saturated carbocycles. The van der Waals surface area contributed by atoms with Gasteiger partial charge in [0, 0.05) is 0 Å². The van der Waals surface area contributed by atoms with Gasteiger partial charge in [0.25, 0.3) is 5.69 Å². The van der Waals surface area contributed by atoms with Crippen molar-refractivity contribution >= 4 is 5.69 Å². The lowest BCUT2D eigenvalue weighted by Crippen LogP contribution is -2.17. The summed E-state index contributed by atoms with van der Waals surface area (Å²) in [5, 5.41) is 11.3. The van der Waals surface area contributed by atoms with Gasteiger partial charge in [-0.3, -0.25) is 10.1 Å². The molecule has 0 amide bonds. The van der Waals surface area contributed by atoms with Crippen LogP contribution in [0.3, 0.4) is 0 Å². The summed E-state index contributed by atoms with van der Waals surface area (Å²) in [5.41, 5.74) is 6.31. The summed E-state index contributed by atoms with van der Waals surface area (Å²) < 4.78 is 50.6. The van der Waals surface area contributed by atoms with Gasteiger partial charge < -0.3 is 19.9 Å². The lowest BCUT2D eigenvalue weighted by Gasteiger charge is -2.15. The summed E-state index contributed by atoms with van der Waals surface area (Å²) in [7, 11) is 0. The fourth-order valence-electron chi connectivity index (χ4n) is 2.41. The van der Waals surface area contributed by atoms with E-state index in [0.29, 0.717) is 11.3 Å². The van der Waals surface area contributed by atoms with Gasteiger partial charge in [-0.15, -0.1) is 13.2 Å². The summed E-state index contributed by atoms with van der Waals surface area (Å²) in [6.07, 6.45) is -4.81. The highest BCUT2D eigenvalue weighted by molar-refractivity contribution is 5.57. The van der Waals surface area contributed by atoms with E-state index in [4.69, 9.17) is 15.2 Å². The molecule has 2 aromatic rings. The molecular weight excluding hydrogens is 345 g/mol. The molecule has 25 heavy (non-hydrogen) atoms. The third kappa shape index (κ3) is 3.58. The Bertz CT molecular complexity index is 808. The number of rotatable bonds is 4. The van der Waals surface area contributed by atoms with E-state index in [0.717, 1.165) is 12.1 Å². The van der Waals surface area contributed by atoms with Crippen molar-refractivity contribution in [3.63, 3.8) is 0 Å². The number of benzene rings is 2. The third-order valence-electron chi connectivity index (χ3n) is 3.53. The summed E-state index contributed by atoms with van der Waals surface area (Å²) in [6.45, 7) is -0.0609. The van der Waals surface area contributed by atoms with Crippen LogP contribution in [0.2, 0.25) is 0 Å². The Labute approximate surface area is 138 Å². The van der Waals surface area contributed by atoms with Gasteiger partial charge in [-0.25, -0.2) is 0 Å². The number of ether oxygens (including phenoxy) is 3. The zero-order valence-corrected chi connectivity index (χ0v) is 12.4. The lowest BCUT2D eigenvalue weighted by atomic mass is 9.97. The van der Waals surface area contributed by atoms with E-state index in [-0.39, 0.29) is 23.8 Å². The molecule has 0 aromatic heterocycles. The minimum Gasteiger partial charge on any atom is -0.454 e. The number of nitrogens with zero attached hydrogens (tertiary/aromatic N) is 1. The molecule has 0 fully saturated rings. The van der Waals surface area contributed by atoms with Gasteiger partial charge in [0.1, 0.15) is 5.75 Å². The van der Waals surface area contributed by atoms with Crippen molar-refractivity contribution in [3.8, 4) is 17.2 Å². The van der Waals surface area contributed by atoms with Crippen LogP contribution in [0.5, 0.6) is 17.2 Å². The Hall–Kier alpha value is -3.01. The normalized spacial score (nSPS) is 14.2. The van der Waals surface area contributed by atoms with Crippen LogP contribution in [0.25, 0.3) is 0 Å². The van der Waals surface area contributed by atoms with Crippen LogP contribution in [-0.2, 0) is 0 Å². The Morgan fingerprint density at radius 2 is 1.76 bits per heavy atom. The Balaban J connectivity index is 1.93. The van der Waals surface area contributed by atoms with E-state index >= 15 is 0 Å². The highest BCUT2D eigenvalue weighted by Crippen LogP contribution is 2.41. The van der Waals surface area contributed by atoms with Crippen LogP contribution < -0.4 is 19.9 Å². The van der Waals surface area contributed by atoms with Crippen molar-refractivity contribution in [1.29, 1.82) is 0 Å². The molecule has 1 aliphatic rings. The minimum absolute atomic E-state index is 0.0609. The first kappa shape index (κ1) is 16.8. The largest absolute Gasteiger partial charge is 0.573 e. The van der Waals surface area contributed by atoms with Gasteiger partial charge >= 0.3 is 6.36 Å². The fourth-order valence-corrected chi connectivity index (χ4v) is 2.41. The molecule has 10 heteroatoms. The lowest BCUT2D eigenvalue weighted by molar-refractivity contribution is -0.385. The Morgan fingerprint density at radius 3 is 2.32 bits per heavy atom. The Morgan fingerprint density at radius 1 is 1.16 bits per heavy atom. The number of fused-ring (bicyclic) bond motifs is 1. The van der Waals surface area contributed by atoms with Gasteiger partial charge in [0.2, 0.25) is 6.79 Å². The van der Waals surface area contributed by atoms with Crippen molar-refractivity contribution in [2.75, 3.05) is 6.79 Å². The highest BCUT2D eigenvalue weighted by atomic mass is 19.4. The molecule has 2 aromatic carbocycles. The third-order valence-corrected chi connectivity index (χ3v) is 3.53. The second kappa shape index (κ2) is 6.13. The van der Waals surface area contributed by atoms with Crippen LogP contribution >= 0.6 is 0 Å². The molecular formula is C15H11F3N2O5. The standard InChI is InChI=1S/C15H11F3N2O5/c16-15(17,18)25-9-3-1-8(2-4-9)14(19)10-5-12-13(24-7-23-12)6-11(10)20(21)22/h1-6,14H,7,19H2/t14-/m1/s1. The quantitative estimate of drug-likeness (QED) is 0.667. The number of nitrogens with two attached hydrogens (primary N) is 1. The molecule has 0 spiro atoms. The molecule has 0 saturated heterocycles. The summed E-state index contributed by atoms with van der Waals surface area (Å²) in [5.74, 6) is 0.133. The van der Waals surface area contributed by atoms with Gasteiger partial charge in [0.15, 0.2) is 11.5 Å². The zero-order valence-electron chi connectivity index (χ0n) is 12.4. The number of nitro benzene ring substituents is 1. The average molecular weight is 356 g/mol. The van der Waals surface area contributed by atoms with Crippen LogP contribution in [0.1, 0.15) is 17.2 Å². The topological polar surface area (TPSA) is 96.9 Å². The monoisotopic (exact) mass is 356 g/mol. The average Bonchev–Trinajstić information content (AvgIpc) is 2.99. The molecule has 1 atom stereocenters. The molecule has 132 valence electrons. The molecule has 0 unspecified atom stereocenters. The van der Waals surface area contributed by atoms with E-state index in [1.807, 2.05) is 0 Å². The zero-order chi connectivity index (χ0) is 18.2. The van der Waals surface area contributed by atoms with E-state index < -0.39 is 23.1 Å². The molecule has 0 bridgehead atoms. The van der Waals surface area contributed by atoms with E-state index in [1.54, 1.807) is 0 Å². The van der Waals surface area contributed by atoms with Gasteiger partial charge in [-0.2, -0.15) is 0 Å². The fraction of sp³-hybridized carbons (Fsp3) is 0.200. The number of alkyl halides is 3. The maximum Gasteiger partial charge on any atom is 0.573 e. The predicted molar refractivity (Wildman–Crippen MR) is 78.4 cm³/mol. The maximum absolute atomic E-state index is 12.2. The van der Waals surface area contributed by atoms with Gasteiger partial charge in [-0.1, -0.05) is 12.1 Å². The van der Waals surface area contributed by atoms with Gasteiger partial charge in [-0.05, 0) is 23.8 Å². The molecule has 7 nitrogen and oxygen atoms in total. The molecule has 0 aliphatic carbocycles. The summed E-state index contributed by atoms with van der Waals surface area (Å²) >= 11 is 0. The first-order valence-corrected chi connectivity index (χ1v) is 6.94. The van der Waals surface area contributed by atoms with E-state index in [1.165, 1.54) is 24.3 Å². The van der Waals surface area contributed by atoms with Crippen LogP contribution in [0.15, 0.2) is 36.4 Å². The summed E-state index contributed by atoms with van der Waals surface area (Å²) in [6, 6.07) is 6.43. The first-order valence-electron chi connectivity index (χ1n) is 6.94. The first-order chi connectivity index (χ1) is 11.7. The molecule has 2 N–H and O–H groups in total. The van der Waals surface area contributed by atoms with Crippen LogP contribution in [0.4, 0.5) is 18.9 Å². The van der Waals surface area contributed by atoms with Crippen LogP contribution in [-0.4, -0.2) is 18.1 Å². The van der Waals surface area contributed by atoms with Crippen molar-refractivity contribution in [1.82, 2.24) is 0 Å². The van der Waals surface area contributed by atoms with Crippen molar-refractivity contribution in [2.45, 2.75) is 12.4 Å². The number of hydrogen-bond donors (Lipinski definition) is 1.